The lowest BCUT2D eigenvalue weighted by atomic mass is 10.3. The second kappa shape index (κ2) is 4.48. The van der Waals surface area contributed by atoms with Crippen molar-refractivity contribution in [2.24, 2.45) is 0 Å². The molecular formula is C10H13F3N4. The summed E-state index contributed by atoms with van der Waals surface area (Å²) in [6.07, 6.45) is -4.42. The van der Waals surface area contributed by atoms with E-state index in [4.69, 9.17) is 0 Å². The zero-order chi connectivity index (χ0) is 12.5. The van der Waals surface area contributed by atoms with E-state index >= 15 is 0 Å². The van der Waals surface area contributed by atoms with E-state index in [9.17, 15) is 13.2 Å². The van der Waals surface area contributed by atoms with Gasteiger partial charge in [-0.05, 0) is 13.0 Å². The minimum atomic E-state index is -4.42. The molecule has 0 atom stereocenters. The molecule has 2 rings (SSSR count). The molecule has 1 aromatic rings. The second-order valence-corrected chi connectivity index (χ2v) is 3.93. The van der Waals surface area contributed by atoms with Gasteiger partial charge < -0.3 is 10.2 Å². The topological polar surface area (TPSA) is 41.1 Å². The molecule has 94 valence electrons. The summed E-state index contributed by atoms with van der Waals surface area (Å²) in [4.78, 5) is 9.41. The third-order valence-electron chi connectivity index (χ3n) is 2.53. The summed E-state index contributed by atoms with van der Waals surface area (Å²) in [5.41, 5.74) is -0.542. The van der Waals surface area contributed by atoms with Crippen molar-refractivity contribution < 1.29 is 13.2 Å². The Bertz CT molecular complexity index is 399. The average molecular weight is 246 g/mol. The predicted molar refractivity (Wildman–Crippen MR) is 56.9 cm³/mol. The SMILES string of the molecule is Cc1cc(C(F)(F)F)nc(N2CCNCC2)n1. The van der Waals surface area contributed by atoms with E-state index in [0.717, 1.165) is 19.2 Å². The smallest absolute Gasteiger partial charge is 0.338 e. The lowest BCUT2D eigenvalue weighted by Gasteiger charge is -2.27. The van der Waals surface area contributed by atoms with Crippen molar-refractivity contribution in [1.82, 2.24) is 15.3 Å². The van der Waals surface area contributed by atoms with Gasteiger partial charge in [0.05, 0.1) is 0 Å². The lowest BCUT2D eigenvalue weighted by molar-refractivity contribution is -0.141. The molecule has 0 aromatic carbocycles. The summed E-state index contributed by atoms with van der Waals surface area (Å²) in [6, 6.07) is 0.964. The van der Waals surface area contributed by atoms with E-state index in [2.05, 4.69) is 15.3 Å². The molecule has 1 N–H and O–H groups in total. The first-order valence-electron chi connectivity index (χ1n) is 5.35. The zero-order valence-electron chi connectivity index (χ0n) is 9.38. The molecule has 0 bridgehead atoms. The number of anilines is 1. The Labute approximate surface area is 96.9 Å². The number of rotatable bonds is 1. The van der Waals surface area contributed by atoms with Gasteiger partial charge in [0, 0.05) is 31.9 Å². The Morgan fingerprint density at radius 2 is 1.88 bits per heavy atom. The maximum absolute atomic E-state index is 12.6. The minimum absolute atomic E-state index is 0.166. The normalized spacial score (nSPS) is 17.3. The molecule has 2 heterocycles. The Hall–Kier alpha value is -1.37. The van der Waals surface area contributed by atoms with Crippen LogP contribution in [0.4, 0.5) is 19.1 Å². The molecule has 1 fully saturated rings. The first-order valence-corrected chi connectivity index (χ1v) is 5.35. The summed E-state index contributed by atoms with van der Waals surface area (Å²) in [5, 5.41) is 3.12. The van der Waals surface area contributed by atoms with Crippen molar-refractivity contribution in [3.63, 3.8) is 0 Å². The first-order chi connectivity index (χ1) is 7.97. The number of nitrogens with one attached hydrogen (secondary N) is 1. The molecular weight excluding hydrogens is 233 g/mol. The number of nitrogens with zero attached hydrogens (tertiary/aromatic N) is 3. The minimum Gasteiger partial charge on any atom is -0.338 e. The van der Waals surface area contributed by atoms with Gasteiger partial charge in [-0.1, -0.05) is 0 Å². The molecule has 0 aliphatic carbocycles. The molecule has 7 heteroatoms. The fourth-order valence-electron chi connectivity index (χ4n) is 1.70. The van der Waals surface area contributed by atoms with Gasteiger partial charge in [-0.25, -0.2) is 9.97 Å². The van der Waals surface area contributed by atoms with Crippen LogP contribution in [0.25, 0.3) is 0 Å². The Morgan fingerprint density at radius 1 is 1.24 bits per heavy atom. The molecule has 1 aromatic heterocycles. The zero-order valence-corrected chi connectivity index (χ0v) is 9.38. The Balaban J connectivity index is 2.31. The van der Waals surface area contributed by atoms with E-state index < -0.39 is 11.9 Å². The van der Waals surface area contributed by atoms with Gasteiger partial charge in [-0.3, -0.25) is 0 Å². The Kier molecular flexibility index (Phi) is 3.19. The second-order valence-electron chi connectivity index (χ2n) is 3.93. The highest BCUT2D eigenvalue weighted by Gasteiger charge is 2.33. The summed E-state index contributed by atoms with van der Waals surface area (Å²) >= 11 is 0. The van der Waals surface area contributed by atoms with Crippen molar-refractivity contribution in [1.29, 1.82) is 0 Å². The van der Waals surface area contributed by atoms with Gasteiger partial charge in [0.25, 0.3) is 0 Å². The number of hydrogen-bond acceptors (Lipinski definition) is 4. The summed E-state index contributed by atoms with van der Waals surface area (Å²) in [5.74, 6) is 0.166. The van der Waals surface area contributed by atoms with Crippen LogP contribution in [0, 0.1) is 6.92 Å². The lowest BCUT2D eigenvalue weighted by Crippen LogP contribution is -2.44. The third-order valence-corrected chi connectivity index (χ3v) is 2.53. The monoisotopic (exact) mass is 246 g/mol. The van der Waals surface area contributed by atoms with Crippen LogP contribution in [-0.4, -0.2) is 36.1 Å². The van der Waals surface area contributed by atoms with Crippen LogP contribution in [0.3, 0.4) is 0 Å². The Morgan fingerprint density at radius 3 is 2.47 bits per heavy atom. The highest BCUT2D eigenvalue weighted by Crippen LogP contribution is 2.29. The van der Waals surface area contributed by atoms with Crippen LogP contribution in [0.15, 0.2) is 6.07 Å². The van der Waals surface area contributed by atoms with Crippen molar-refractivity contribution in [3.05, 3.63) is 17.5 Å². The van der Waals surface area contributed by atoms with E-state index in [-0.39, 0.29) is 5.95 Å². The van der Waals surface area contributed by atoms with E-state index in [1.807, 2.05) is 0 Å². The van der Waals surface area contributed by atoms with E-state index in [1.54, 1.807) is 11.8 Å². The van der Waals surface area contributed by atoms with Crippen LogP contribution in [0.2, 0.25) is 0 Å². The predicted octanol–water partition coefficient (Wildman–Crippen LogP) is 1.21. The van der Waals surface area contributed by atoms with Gasteiger partial charge >= 0.3 is 6.18 Å². The van der Waals surface area contributed by atoms with Crippen LogP contribution >= 0.6 is 0 Å². The molecule has 0 spiro atoms. The molecule has 0 unspecified atom stereocenters. The standard InChI is InChI=1S/C10H13F3N4/c1-7-6-8(10(11,12)13)16-9(15-7)17-4-2-14-3-5-17/h6,14H,2-5H2,1H3. The maximum Gasteiger partial charge on any atom is 0.433 e. The van der Waals surface area contributed by atoms with Gasteiger partial charge in [-0.2, -0.15) is 13.2 Å². The number of aromatic nitrogens is 2. The quantitative estimate of drug-likeness (QED) is 0.808. The molecule has 1 saturated heterocycles. The van der Waals surface area contributed by atoms with Gasteiger partial charge in [0.15, 0.2) is 0 Å². The van der Waals surface area contributed by atoms with Gasteiger partial charge in [0.1, 0.15) is 5.69 Å². The molecule has 1 aliphatic rings. The highest BCUT2D eigenvalue weighted by molar-refractivity contribution is 5.33. The number of alkyl halides is 3. The molecule has 4 nitrogen and oxygen atoms in total. The number of hydrogen-bond donors (Lipinski definition) is 1. The maximum atomic E-state index is 12.6. The summed E-state index contributed by atoms with van der Waals surface area (Å²) in [7, 11) is 0. The van der Waals surface area contributed by atoms with Crippen molar-refractivity contribution in [3.8, 4) is 0 Å². The van der Waals surface area contributed by atoms with Crippen LogP contribution in [0.5, 0.6) is 0 Å². The van der Waals surface area contributed by atoms with Gasteiger partial charge in [0.2, 0.25) is 5.95 Å². The summed E-state index contributed by atoms with van der Waals surface area (Å²) in [6.45, 7) is 4.27. The van der Waals surface area contributed by atoms with Crippen LogP contribution in [0.1, 0.15) is 11.4 Å². The molecule has 0 amide bonds. The average Bonchev–Trinajstić information content (AvgIpc) is 2.28. The van der Waals surface area contributed by atoms with Crippen LogP contribution < -0.4 is 10.2 Å². The van der Waals surface area contributed by atoms with Crippen molar-refractivity contribution >= 4 is 5.95 Å². The highest BCUT2D eigenvalue weighted by atomic mass is 19.4. The van der Waals surface area contributed by atoms with E-state index in [0.29, 0.717) is 18.8 Å². The third kappa shape index (κ3) is 2.85. The van der Waals surface area contributed by atoms with Gasteiger partial charge in [-0.15, -0.1) is 0 Å². The molecule has 1 aliphatic heterocycles. The number of aryl methyl sites for hydroxylation is 1. The molecule has 0 saturated carbocycles. The fraction of sp³-hybridized carbons (Fsp3) is 0.600. The summed E-state index contributed by atoms with van der Waals surface area (Å²) < 4.78 is 37.8. The van der Waals surface area contributed by atoms with Crippen molar-refractivity contribution in [2.75, 3.05) is 31.1 Å². The number of halogens is 3. The van der Waals surface area contributed by atoms with Crippen molar-refractivity contribution in [2.45, 2.75) is 13.1 Å². The molecule has 0 radical (unpaired) electrons. The molecule has 17 heavy (non-hydrogen) atoms. The van der Waals surface area contributed by atoms with E-state index in [1.165, 1.54) is 0 Å². The first kappa shape index (κ1) is 12.1. The largest absolute Gasteiger partial charge is 0.433 e. The van der Waals surface area contributed by atoms with Crippen LogP contribution in [-0.2, 0) is 6.18 Å². The number of piperazine rings is 1. The fourth-order valence-corrected chi connectivity index (χ4v) is 1.70.